The van der Waals surface area contributed by atoms with Crippen molar-refractivity contribution in [2.45, 2.75) is 13.3 Å². The van der Waals surface area contributed by atoms with E-state index in [4.69, 9.17) is 0 Å². The molecule has 0 radical (unpaired) electrons. The second kappa shape index (κ2) is 2.12. The van der Waals surface area contributed by atoms with Crippen LogP contribution in [0, 0.1) is 0 Å². The summed E-state index contributed by atoms with van der Waals surface area (Å²) in [5, 5.41) is 9.53. The van der Waals surface area contributed by atoms with Gasteiger partial charge in [-0.1, -0.05) is 24.3 Å². The molecule has 0 atom stereocenters. The fourth-order valence-corrected chi connectivity index (χ4v) is 1.50. The Hall–Kier alpha value is -1.24. The minimum absolute atomic E-state index is 0.473. The Labute approximate surface area is 66.0 Å². The van der Waals surface area contributed by atoms with Gasteiger partial charge in [-0.15, -0.1) is 0 Å². The summed E-state index contributed by atoms with van der Waals surface area (Å²) < 4.78 is 0. The van der Waals surface area contributed by atoms with Gasteiger partial charge in [0.15, 0.2) is 0 Å². The fraction of sp³-hybridized carbons (Fsp3) is 0.200. The first kappa shape index (κ1) is 6.47. The zero-order valence-electron chi connectivity index (χ0n) is 6.46. The van der Waals surface area contributed by atoms with Crippen molar-refractivity contribution in [2.75, 3.05) is 0 Å². The number of aliphatic hydroxyl groups is 1. The molecule has 0 saturated heterocycles. The molecule has 1 heteroatoms. The van der Waals surface area contributed by atoms with Gasteiger partial charge in [0, 0.05) is 5.56 Å². The lowest BCUT2D eigenvalue weighted by atomic mass is 10.1. The van der Waals surface area contributed by atoms with Gasteiger partial charge in [0.25, 0.3) is 0 Å². The Kier molecular flexibility index (Phi) is 1.25. The lowest BCUT2D eigenvalue weighted by molar-refractivity contribution is 0.509. The highest BCUT2D eigenvalue weighted by Crippen LogP contribution is 2.29. The Bertz CT molecular complexity index is 323. The molecule has 1 aromatic rings. The first-order valence-corrected chi connectivity index (χ1v) is 3.76. The first-order chi connectivity index (χ1) is 5.29. The molecule has 1 aromatic carbocycles. The number of fused-ring (bicyclic) bond motifs is 1. The molecule has 1 N–H and O–H groups in total. The standard InChI is InChI=1S/C10H10O/c1-7-6-8-4-2-3-5-9(8)10(7)11/h2-5,11H,6H2,1H3. The molecule has 1 aliphatic carbocycles. The van der Waals surface area contributed by atoms with Crippen molar-refractivity contribution < 1.29 is 5.11 Å². The van der Waals surface area contributed by atoms with Gasteiger partial charge in [0.1, 0.15) is 5.76 Å². The minimum Gasteiger partial charge on any atom is -0.507 e. The first-order valence-electron chi connectivity index (χ1n) is 3.76. The van der Waals surface area contributed by atoms with E-state index in [9.17, 15) is 5.11 Å². The predicted octanol–water partition coefficient (Wildman–Crippen LogP) is 2.53. The van der Waals surface area contributed by atoms with Gasteiger partial charge in [-0.2, -0.15) is 0 Å². The van der Waals surface area contributed by atoms with E-state index < -0.39 is 0 Å². The third-order valence-corrected chi connectivity index (χ3v) is 2.13. The van der Waals surface area contributed by atoms with E-state index in [1.165, 1.54) is 5.56 Å². The highest BCUT2D eigenvalue weighted by atomic mass is 16.3. The molecule has 2 rings (SSSR count). The number of aliphatic hydroxyl groups excluding tert-OH is 1. The summed E-state index contributed by atoms with van der Waals surface area (Å²) in [4.78, 5) is 0. The molecule has 56 valence electrons. The van der Waals surface area contributed by atoms with Crippen molar-refractivity contribution in [2.24, 2.45) is 0 Å². The molecular weight excluding hydrogens is 136 g/mol. The summed E-state index contributed by atoms with van der Waals surface area (Å²) in [5.74, 6) is 0.473. The highest BCUT2D eigenvalue weighted by molar-refractivity contribution is 5.70. The van der Waals surface area contributed by atoms with Gasteiger partial charge >= 0.3 is 0 Å². The van der Waals surface area contributed by atoms with E-state index in [0.717, 1.165) is 17.6 Å². The van der Waals surface area contributed by atoms with Crippen molar-refractivity contribution in [3.63, 3.8) is 0 Å². The molecule has 0 heterocycles. The minimum atomic E-state index is 0.473. The molecule has 1 aliphatic rings. The molecule has 0 amide bonds. The van der Waals surface area contributed by atoms with Crippen LogP contribution in [0.5, 0.6) is 0 Å². The summed E-state index contributed by atoms with van der Waals surface area (Å²) in [7, 11) is 0. The third kappa shape index (κ3) is 0.845. The molecule has 0 fully saturated rings. The summed E-state index contributed by atoms with van der Waals surface area (Å²) in [6.45, 7) is 1.97. The summed E-state index contributed by atoms with van der Waals surface area (Å²) >= 11 is 0. The van der Waals surface area contributed by atoms with Crippen molar-refractivity contribution in [3.05, 3.63) is 41.0 Å². The van der Waals surface area contributed by atoms with Crippen LogP contribution in [0.3, 0.4) is 0 Å². The van der Waals surface area contributed by atoms with Crippen LogP contribution < -0.4 is 0 Å². The Balaban J connectivity index is 2.60. The molecule has 0 spiro atoms. The number of allylic oxidation sites excluding steroid dienone is 1. The average molecular weight is 146 g/mol. The van der Waals surface area contributed by atoms with Gasteiger partial charge < -0.3 is 5.11 Å². The fourth-order valence-electron chi connectivity index (χ4n) is 1.50. The highest BCUT2D eigenvalue weighted by Gasteiger charge is 2.16. The number of benzene rings is 1. The lowest BCUT2D eigenvalue weighted by Gasteiger charge is -1.96. The van der Waals surface area contributed by atoms with Gasteiger partial charge in [0.05, 0.1) is 0 Å². The van der Waals surface area contributed by atoms with Crippen LogP contribution >= 0.6 is 0 Å². The second-order valence-electron chi connectivity index (χ2n) is 2.96. The van der Waals surface area contributed by atoms with Crippen molar-refractivity contribution in [3.8, 4) is 0 Å². The van der Waals surface area contributed by atoms with Gasteiger partial charge in [0.2, 0.25) is 0 Å². The zero-order valence-corrected chi connectivity index (χ0v) is 6.46. The molecule has 0 saturated carbocycles. The summed E-state index contributed by atoms with van der Waals surface area (Å²) in [6, 6.07) is 7.97. The van der Waals surface area contributed by atoms with Crippen LogP contribution in [-0.4, -0.2) is 5.11 Å². The van der Waals surface area contributed by atoms with Crippen LogP contribution in [-0.2, 0) is 6.42 Å². The van der Waals surface area contributed by atoms with Crippen LogP contribution in [0.4, 0.5) is 0 Å². The van der Waals surface area contributed by atoms with Crippen molar-refractivity contribution in [1.82, 2.24) is 0 Å². The van der Waals surface area contributed by atoms with Crippen molar-refractivity contribution in [1.29, 1.82) is 0 Å². The zero-order chi connectivity index (χ0) is 7.84. The van der Waals surface area contributed by atoms with E-state index in [1.807, 2.05) is 25.1 Å². The third-order valence-electron chi connectivity index (χ3n) is 2.13. The van der Waals surface area contributed by atoms with E-state index >= 15 is 0 Å². The lowest BCUT2D eigenvalue weighted by Crippen LogP contribution is -1.81. The monoisotopic (exact) mass is 146 g/mol. The molecule has 1 nitrogen and oxygen atoms in total. The quantitative estimate of drug-likeness (QED) is 0.596. The van der Waals surface area contributed by atoms with Gasteiger partial charge in [-0.3, -0.25) is 0 Å². The molecule has 11 heavy (non-hydrogen) atoms. The van der Waals surface area contributed by atoms with Crippen molar-refractivity contribution >= 4 is 5.76 Å². The maximum atomic E-state index is 9.53. The Morgan fingerprint density at radius 1 is 1.27 bits per heavy atom. The topological polar surface area (TPSA) is 20.2 Å². The average Bonchev–Trinajstić information content (AvgIpc) is 2.30. The normalized spacial score (nSPS) is 15.4. The van der Waals surface area contributed by atoms with Crippen LogP contribution in [0.1, 0.15) is 18.1 Å². The van der Waals surface area contributed by atoms with E-state index in [2.05, 4.69) is 6.07 Å². The molecule has 0 unspecified atom stereocenters. The number of rotatable bonds is 0. The maximum absolute atomic E-state index is 9.53. The van der Waals surface area contributed by atoms with E-state index in [1.54, 1.807) is 0 Å². The summed E-state index contributed by atoms with van der Waals surface area (Å²) in [6.07, 6.45) is 0.905. The van der Waals surface area contributed by atoms with E-state index in [0.29, 0.717) is 5.76 Å². The van der Waals surface area contributed by atoms with E-state index in [-0.39, 0.29) is 0 Å². The Morgan fingerprint density at radius 3 is 2.73 bits per heavy atom. The smallest absolute Gasteiger partial charge is 0.122 e. The van der Waals surface area contributed by atoms with Crippen LogP contribution in [0.2, 0.25) is 0 Å². The summed E-state index contributed by atoms with van der Waals surface area (Å²) in [5.41, 5.74) is 3.32. The maximum Gasteiger partial charge on any atom is 0.122 e. The molecule has 0 aliphatic heterocycles. The number of hydrogen-bond donors (Lipinski definition) is 1. The molecule has 0 aromatic heterocycles. The number of hydrogen-bond acceptors (Lipinski definition) is 1. The second-order valence-corrected chi connectivity index (χ2v) is 2.96. The predicted molar refractivity (Wildman–Crippen MR) is 45.4 cm³/mol. The SMILES string of the molecule is CC1=C(O)c2ccccc2C1. The van der Waals surface area contributed by atoms with Gasteiger partial charge in [-0.05, 0) is 24.5 Å². The molecular formula is C10H10O. The Morgan fingerprint density at radius 2 is 2.00 bits per heavy atom. The molecule has 0 bridgehead atoms. The largest absolute Gasteiger partial charge is 0.507 e. The van der Waals surface area contributed by atoms with Crippen LogP contribution in [0.25, 0.3) is 5.76 Å². The van der Waals surface area contributed by atoms with Crippen LogP contribution in [0.15, 0.2) is 29.8 Å². The van der Waals surface area contributed by atoms with Gasteiger partial charge in [-0.25, -0.2) is 0 Å².